The van der Waals surface area contributed by atoms with Crippen molar-refractivity contribution in [1.82, 2.24) is 0 Å². The van der Waals surface area contributed by atoms with Crippen molar-refractivity contribution in [3.63, 3.8) is 0 Å². The van der Waals surface area contributed by atoms with Gasteiger partial charge in [0.15, 0.2) is 5.78 Å². The van der Waals surface area contributed by atoms with E-state index in [-0.39, 0.29) is 17.2 Å². The Labute approximate surface area is 150 Å². The van der Waals surface area contributed by atoms with E-state index in [0.29, 0.717) is 23.4 Å². The van der Waals surface area contributed by atoms with Gasteiger partial charge in [-0.1, -0.05) is 56.0 Å². The predicted molar refractivity (Wildman–Crippen MR) is 105 cm³/mol. The fourth-order valence-corrected chi connectivity index (χ4v) is 5.71. The normalized spacial score (nSPS) is 17.4. The number of benzene rings is 2. The fraction of sp³-hybridized carbons (Fsp3) is 0.238. The molecule has 1 amide bonds. The molecule has 0 N–H and O–H groups in total. The summed E-state index contributed by atoms with van der Waals surface area (Å²) < 4.78 is 0. The van der Waals surface area contributed by atoms with E-state index >= 15 is 0 Å². The van der Waals surface area contributed by atoms with Gasteiger partial charge in [0.05, 0.1) is 13.8 Å². The molecule has 0 aromatic heterocycles. The Bertz CT molecular complexity index is 851. The SMILES string of the molecule is C=CCN1C(=O)c2ccccc2C([Si](C)(C)C)C(=O)c2ccccc21. The van der Waals surface area contributed by atoms with Crippen LogP contribution in [0.5, 0.6) is 0 Å². The van der Waals surface area contributed by atoms with Crippen LogP contribution in [0, 0.1) is 0 Å². The number of Topliss-reactive ketones (excluding diaryl/α,β-unsaturated/α-hetero) is 1. The first-order chi connectivity index (χ1) is 11.9. The predicted octanol–water partition coefficient (Wildman–Crippen LogP) is 4.68. The van der Waals surface area contributed by atoms with Crippen molar-refractivity contribution in [2.75, 3.05) is 11.4 Å². The van der Waals surface area contributed by atoms with Gasteiger partial charge in [-0.05, 0) is 23.8 Å². The summed E-state index contributed by atoms with van der Waals surface area (Å²) in [6.07, 6.45) is 1.69. The monoisotopic (exact) mass is 349 g/mol. The van der Waals surface area contributed by atoms with Crippen LogP contribution in [0.2, 0.25) is 19.6 Å². The van der Waals surface area contributed by atoms with Gasteiger partial charge in [0, 0.05) is 23.2 Å². The topological polar surface area (TPSA) is 37.4 Å². The van der Waals surface area contributed by atoms with E-state index in [1.807, 2.05) is 48.5 Å². The molecule has 1 atom stereocenters. The third-order valence-electron chi connectivity index (χ3n) is 4.65. The van der Waals surface area contributed by atoms with Crippen LogP contribution in [-0.2, 0) is 0 Å². The number of nitrogens with zero attached hydrogens (tertiary/aromatic N) is 1. The maximum Gasteiger partial charge on any atom is 0.258 e. The quantitative estimate of drug-likeness (QED) is 0.596. The van der Waals surface area contributed by atoms with E-state index in [0.717, 1.165) is 5.56 Å². The highest BCUT2D eigenvalue weighted by Crippen LogP contribution is 2.38. The summed E-state index contributed by atoms with van der Waals surface area (Å²) >= 11 is 0. The second kappa shape index (κ2) is 6.45. The van der Waals surface area contributed by atoms with E-state index in [1.165, 1.54) is 0 Å². The van der Waals surface area contributed by atoms with Crippen LogP contribution < -0.4 is 4.90 Å². The first-order valence-corrected chi connectivity index (χ1v) is 12.1. The highest BCUT2D eigenvalue weighted by atomic mass is 28.3. The van der Waals surface area contributed by atoms with Crippen LogP contribution >= 0.6 is 0 Å². The molecule has 1 heterocycles. The van der Waals surface area contributed by atoms with E-state index in [9.17, 15) is 9.59 Å². The van der Waals surface area contributed by atoms with Crippen molar-refractivity contribution >= 4 is 25.5 Å². The Kier molecular flexibility index (Phi) is 4.48. The van der Waals surface area contributed by atoms with Crippen LogP contribution in [0.1, 0.15) is 31.8 Å². The average molecular weight is 350 g/mol. The van der Waals surface area contributed by atoms with Gasteiger partial charge in [-0.3, -0.25) is 9.59 Å². The Hall–Kier alpha value is -2.46. The van der Waals surface area contributed by atoms with Crippen LogP contribution in [0.4, 0.5) is 5.69 Å². The van der Waals surface area contributed by atoms with E-state index in [2.05, 4.69) is 26.2 Å². The summed E-state index contributed by atoms with van der Waals surface area (Å²) in [5.41, 5.74) is 2.55. The van der Waals surface area contributed by atoms with Gasteiger partial charge in [0.2, 0.25) is 0 Å². The van der Waals surface area contributed by atoms with Crippen molar-refractivity contribution in [1.29, 1.82) is 0 Å². The first-order valence-electron chi connectivity index (χ1n) is 8.51. The molecule has 1 unspecified atom stereocenters. The second-order valence-electron chi connectivity index (χ2n) is 7.47. The van der Waals surface area contributed by atoms with Gasteiger partial charge in [0.25, 0.3) is 5.91 Å². The number of hydrogen-bond acceptors (Lipinski definition) is 2. The number of hydrogen-bond donors (Lipinski definition) is 0. The molecule has 3 rings (SSSR count). The number of amides is 1. The molecule has 0 spiro atoms. The number of rotatable bonds is 3. The minimum Gasteiger partial charge on any atom is -0.304 e. The molecule has 0 bridgehead atoms. The van der Waals surface area contributed by atoms with Crippen molar-refractivity contribution in [2.24, 2.45) is 0 Å². The lowest BCUT2D eigenvalue weighted by Crippen LogP contribution is -2.42. The highest BCUT2D eigenvalue weighted by Gasteiger charge is 2.40. The Morgan fingerprint density at radius 2 is 1.60 bits per heavy atom. The lowest BCUT2D eigenvalue weighted by molar-refractivity contribution is 0.0971. The van der Waals surface area contributed by atoms with Gasteiger partial charge >= 0.3 is 0 Å². The van der Waals surface area contributed by atoms with Crippen molar-refractivity contribution < 1.29 is 9.59 Å². The molecule has 0 aliphatic carbocycles. The third-order valence-corrected chi connectivity index (χ3v) is 6.95. The molecule has 1 aliphatic heterocycles. The molecule has 0 radical (unpaired) electrons. The maximum absolute atomic E-state index is 13.5. The standard InChI is InChI=1S/C21H23NO2Si/c1-5-14-22-18-13-9-8-12-17(18)19(23)20(25(2,3)4)15-10-6-7-11-16(15)21(22)24/h5-13,20H,1,14H2,2-4H3. The van der Waals surface area contributed by atoms with Gasteiger partial charge in [0.1, 0.15) is 0 Å². The van der Waals surface area contributed by atoms with Gasteiger partial charge in [-0.15, -0.1) is 6.58 Å². The minimum absolute atomic E-state index is 0.0706. The molecule has 0 saturated heterocycles. The number of carbonyl (C=O) groups excluding carboxylic acids is 2. The molecule has 3 nitrogen and oxygen atoms in total. The summed E-state index contributed by atoms with van der Waals surface area (Å²) in [5.74, 6) is 0.0440. The van der Waals surface area contributed by atoms with Crippen LogP contribution in [0.3, 0.4) is 0 Å². The van der Waals surface area contributed by atoms with E-state index in [4.69, 9.17) is 0 Å². The number of para-hydroxylation sites is 1. The molecule has 0 fully saturated rings. The zero-order chi connectivity index (χ0) is 18.2. The zero-order valence-corrected chi connectivity index (χ0v) is 16.0. The van der Waals surface area contributed by atoms with E-state index in [1.54, 1.807) is 11.0 Å². The summed E-state index contributed by atoms with van der Waals surface area (Å²) in [6, 6.07) is 15.0. The van der Waals surface area contributed by atoms with Gasteiger partial charge < -0.3 is 4.90 Å². The highest BCUT2D eigenvalue weighted by molar-refractivity contribution is 6.81. The minimum atomic E-state index is -1.90. The molecule has 0 saturated carbocycles. The lowest BCUT2D eigenvalue weighted by atomic mass is 9.93. The molecule has 2 aromatic carbocycles. The summed E-state index contributed by atoms with van der Waals surface area (Å²) in [7, 11) is -1.90. The number of anilines is 1. The largest absolute Gasteiger partial charge is 0.304 e. The molecular formula is C21H23NO2Si. The lowest BCUT2D eigenvalue weighted by Gasteiger charge is -2.35. The summed E-state index contributed by atoms with van der Waals surface area (Å²) in [5, 5.41) is 0. The summed E-state index contributed by atoms with van der Waals surface area (Å²) in [6.45, 7) is 10.7. The average Bonchev–Trinajstić information content (AvgIpc) is 2.58. The molecular weight excluding hydrogens is 326 g/mol. The number of fused-ring (bicyclic) bond motifs is 2. The maximum atomic E-state index is 13.5. The fourth-order valence-electron chi connectivity index (χ4n) is 3.58. The molecule has 25 heavy (non-hydrogen) atoms. The Morgan fingerprint density at radius 3 is 2.24 bits per heavy atom. The van der Waals surface area contributed by atoms with Crippen LogP contribution in [0.25, 0.3) is 0 Å². The Balaban J connectivity index is 2.34. The van der Waals surface area contributed by atoms with Gasteiger partial charge in [-0.25, -0.2) is 0 Å². The molecule has 128 valence electrons. The van der Waals surface area contributed by atoms with Crippen LogP contribution in [-0.4, -0.2) is 26.3 Å². The number of carbonyl (C=O) groups is 2. The van der Waals surface area contributed by atoms with Gasteiger partial charge in [-0.2, -0.15) is 0 Å². The Morgan fingerprint density at radius 1 is 1.00 bits per heavy atom. The van der Waals surface area contributed by atoms with Crippen LogP contribution in [0.15, 0.2) is 61.2 Å². The van der Waals surface area contributed by atoms with Crippen molar-refractivity contribution in [3.05, 3.63) is 77.9 Å². The molecule has 1 aliphatic rings. The zero-order valence-electron chi connectivity index (χ0n) is 15.0. The second-order valence-corrected chi connectivity index (χ2v) is 12.8. The smallest absolute Gasteiger partial charge is 0.258 e. The first kappa shape index (κ1) is 17.4. The molecule has 4 heteroatoms. The van der Waals surface area contributed by atoms with E-state index < -0.39 is 8.07 Å². The number of ketones is 1. The van der Waals surface area contributed by atoms with Crippen molar-refractivity contribution in [2.45, 2.75) is 25.2 Å². The third kappa shape index (κ3) is 2.98. The van der Waals surface area contributed by atoms with Crippen molar-refractivity contribution in [3.8, 4) is 0 Å². The summed E-state index contributed by atoms with van der Waals surface area (Å²) in [4.78, 5) is 28.5. The molecule has 2 aromatic rings.